The molecule has 1 fully saturated rings. The van der Waals surface area contributed by atoms with Crippen molar-refractivity contribution in [2.24, 2.45) is 4.99 Å². The van der Waals surface area contributed by atoms with Crippen molar-refractivity contribution < 1.29 is 10.6 Å². The van der Waals surface area contributed by atoms with Crippen LogP contribution >= 0.6 is 15.9 Å². The number of aliphatic imine (C=N–C) groups is 1. The lowest BCUT2D eigenvalue weighted by Gasteiger charge is -2.05. The fraction of sp³-hybridized carbons (Fsp3) is 0.308. The van der Waals surface area contributed by atoms with Gasteiger partial charge in [0.15, 0.2) is 11.7 Å². The summed E-state index contributed by atoms with van der Waals surface area (Å²) >= 11 is 3.46. The molecular formula is C13H16BrN3+2. The van der Waals surface area contributed by atoms with E-state index in [1.54, 1.807) is 0 Å². The molecule has 1 atom stereocenters. The second kappa shape index (κ2) is 4.72. The second-order valence-electron chi connectivity index (χ2n) is 4.56. The van der Waals surface area contributed by atoms with Crippen LogP contribution in [-0.2, 0) is 0 Å². The number of nitrogens with two attached hydrogens (primary N) is 2. The zero-order valence-corrected chi connectivity index (χ0v) is 11.2. The van der Waals surface area contributed by atoms with Crippen LogP contribution in [0.15, 0.2) is 39.9 Å². The first kappa shape index (κ1) is 11.1. The standard InChI is InChI=1S/C13H14BrN3/c14-10-5-3-9(4-6-10)12-8-16-13(17-12)11-2-1-7-15-11/h3-6,8,11,15H,1-2,7H2,(H,16,17)/p+2/t11-/m0/s1. The van der Waals surface area contributed by atoms with Gasteiger partial charge in [-0.25, -0.2) is 0 Å². The number of quaternary nitrogens is 2. The predicted molar refractivity (Wildman–Crippen MR) is 71.3 cm³/mol. The van der Waals surface area contributed by atoms with Crippen molar-refractivity contribution >= 4 is 27.5 Å². The Morgan fingerprint density at radius 3 is 2.76 bits per heavy atom. The van der Waals surface area contributed by atoms with Gasteiger partial charge in [-0.15, -0.1) is 0 Å². The van der Waals surface area contributed by atoms with Crippen molar-refractivity contribution in [3.05, 3.63) is 40.5 Å². The van der Waals surface area contributed by atoms with Gasteiger partial charge in [-0.2, -0.15) is 4.99 Å². The molecule has 0 bridgehead atoms. The Labute approximate surface area is 109 Å². The summed E-state index contributed by atoms with van der Waals surface area (Å²) in [5, 5.41) is 4.63. The highest BCUT2D eigenvalue weighted by Crippen LogP contribution is 2.15. The maximum absolute atomic E-state index is 4.55. The minimum Gasteiger partial charge on any atom is -0.334 e. The van der Waals surface area contributed by atoms with Gasteiger partial charge < -0.3 is 5.32 Å². The lowest BCUT2D eigenvalue weighted by molar-refractivity contribution is -0.665. The Morgan fingerprint density at radius 2 is 2.06 bits per heavy atom. The topological polar surface area (TPSA) is 45.6 Å². The summed E-state index contributed by atoms with van der Waals surface area (Å²) in [4.78, 5) is 4.55. The van der Waals surface area contributed by atoms with Gasteiger partial charge >= 0.3 is 0 Å². The maximum Gasteiger partial charge on any atom is 0.264 e. The molecule has 2 aliphatic heterocycles. The Kier molecular flexibility index (Phi) is 3.09. The molecule has 0 radical (unpaired) electrons. The summed E-state index contributed by atoms with van der Waals surface area (Å²) in [5.74, 6) is 1.24. The monoisotopic (exact) mass is 293 g/mol. The smallest absolute Gasteiger partial charge is 0.264 e. The van der Waals surface area contributed by atoms with Gasteiger partial charge in [0.2, 0.25) is 0 Å². The van der Waals surface area contributed by atoms with Crippen LogP contribution in [-0.4, -0.2) is 18.4 Å². The van der Waals surface area contributed by atoms with E-state index in [1.165, 1.54) is 36.5 Å². The molecule has 4 N–H and O–H groups in total. The average molecular weight is 294 g/mol. The van der Waals surface area contributed by atoms with Crippen LogP contribution in [0.4, 0.5) is 0 Å². The molecule has 0 aliphatic carbocycles. The van der Waals surface area contributed by atoms with Crippen LogP contribution in [0, 0.1) is 0 Å². The van der Waals surface area contributed by atoms with Gasteiger partial charge in [0, 0.05) is 22.9 Å². The van der Waals surface area contributed by atoms with Gasteiger partial charge in [-0.1, -0.05) is 15.9 Å². The van der Waals surface area contributed by atoms with Crippen LogP contribution in [0.2, 0.25) is 0 Å². The van der Waals surface area contributed by atoms with Crippen molar-refractivity contribution in [3.63, 3.8) is 0 Å². The van der Waals surface area contributed by atoms with Gasteiger partial charge in [0.05, 0.1) is 12.7 Å². The highest BCUT2D eigenvalue weighted by Gasteiger charge is 2.31. The molecule has 0 spiro atoms. The third-order valence-corrected chi connectivity index (χ3v) is 3.91. The maximum atomic E-state index is 4.55. The quantitative estimate of drug-likeness (QED) is 0.795. The van der Waals surface area contributed by atoms with E-state index in [4.69, 9.17) is 0 Å². The highest BCUT2D eigenvalue weighted by molar-refractivity contribution is 9.10. The lowest BCUT2D eigenvalue weighted by Crippen LogP contribution is -2.98. The van der Waals surface area contributed by atoms with E-state index in [9.17, 15) is 0 Å². The van der Waals surface area contributed by atoms with E-state index < -0.39 is 0 Å². The Bertz CT molecular complexity index is 470. The van der Waals surface area contributed by atoms with Crippen molar-refractivity contribution in [1.82, 2.24) is 0 Å². The highest BCUT2D eigenvalue weighted by atomic mass is 79.9. The summed E-state index contributed by atoms with van der Waals surface area (Å²) in [5.41, 5.74) is 2.47. The summed E-state index contributed by atoms with van der Waals surface area (Å²) < 4.78 is 1.12. The fourth-order valence-electron chi connectivity index (χ4n) is 2.42. The molecule has 0 saturated carbocycles. The number of halogens is 1. The number of hydrogen-bond donors (Lipinski definition) is 2. The van der Waals surface area contributed by atoms with Crippen LogP contribution in [0.25, 0.3) is 5.70 Å². The van der Waals surface area contributed by atoms with Crippen molar-refractivity contribution in [2.45, 2.75) is 18.9 Å². The summed E-state index contributed by atoms with van der Waals surface area (Å²) in [6.45, 7) is 1.24. The fourth-order valence-corrected chi connectivity index (χ4v) is 2.69. The Hall–Kier alpha value is -0.970. The van der Waals surface area contributed by atoms with E-state index in [1.807, 2.05) is 6.20 Å². The molecule has 0 amide bonds. The molecule has 2 aliphatic rings. The van der Waals surface area contributed by atoms with Gasteiger partial charge in [0.1, 0.15) is 0 Å². The first-order chi connectivity index (χ1) is 8.33. The molecule has 2 heterocycles. The SMILES string of the molecule is Brc1ccc(C2=CN=C([C@@H]3CCC[NH2+]3)[NH2+]2)cc1. The molecule has 88 valence electrons. The van der Waals surface area contributed by atoms with Crippen molar-refractivity contribution in [2.75, 3.05) is 6.54 Å². The molecule has 1 saturated heterocycles. The molecule has 17 heavy (non-hydrogen) atoms. The summed E-state index contributed by atoms with van der Waals surface area (Å²) in [6, 6.07) is 8.99. The van der Waals surface area contributed by atoms with Crippen LogP contribution < -0.4 is 10.6 Å². The van der Waals surface area contributed by atoms with E-state index >= 15 is 0 Å². The molecule has 1 aromatic rings. The van der Waals surface area contributed by atoms with Crippen LogP contribution in [0.3, 0.4) is 0 Å². The summed E-state index contributed by atoms with van der Waals surface area (Å²) in [6.07, 6.45) is 4.56. The average Bonchev–Trinajstić information content (AvgIpc) is 3.00. The minimum absolute atomic E-state index is 0.583. The van der Waals surface area contributed by atoms with E-state index in [-0.39, 0.29) is 0 Å². The molecule has 0 unspecified atom stereocenters. The summed E-state index contributed by atoms with van der Waals surface area (Å²) in [7, 11) is 0. The van der Waals surface area contributed by atoms with E-state index in [0.717, 1.165) is 4.47 Å². The zero-order chi connectivity index (χ0) is 11.7. The lowest BCUT2D eigenvalue weighted by atomic mass is 10.1. The number of hydrogen-bond acceptors (Lipinski definition) is 1. The predicted octanol–water partition coefficient (Wildman–Crippen LogP) is 0.449. The molecule has 4 heteroatoms. The second-order valence-corrected chi connectivity index (χ2v) is 5.48. The Balaban J connectivity index is 1.71. The molecule has 3 nitrogen and oxygen atoms in total. The van der Waals surface area contributed by atoms with E-state index in [0.29, 0.717) is 6.04 Å². The molecule has 3 rings (SSSR count). The van der Waals surface area contributed by atoms with Gasteiger partial charge in [0.25, 0.3) is 5.84 Å². The van der Waals surface area contributed by atoms with Gasteiger partial charge in [-0.3, -0.25) is 5.32 Å². The van der Waals surface area contributed by atoms with Crippen molar-refractivity contribution in [3.8, 4) is 0 Å². The van der Waals surface area contributed by atoms with Crippen LogP contribution in [0.1, 0.15) is 18.4 Å². The third kappa shape index (κ3) is 2.34. The van der Waals surface area contributed by atoms with Crippen molar-refractivity contribution in [1.29, 1.82) is 0 Å². The van der Waals surface area contributed by atoms with Gasteiger partial charge in [-0.05, 0) is 24.3 Å². The Morgan fingerprint density at radius 1 is 1.24 bits per heavy atom. The molecular weight excluding hydrogens is 278 g/mol. The third-order valence-electron chi connectivity index (χ3n) is 3.38. The molecule has 0 aromatic heterocycles. The minimum atomic E-state index is 0.583. The zero-order valence-electron chi connectivity index (χ0n) is 9.57. The number of rotatable bonds is 2. The normalized spacial score (nSPS) is 23.7. The first-order valence-electron chi connectivity index (χ1n) is 6.05. The van der Waals surface area contributed by atoms with Crippen LogP contribution in [0.5, 0.6) is 0 Å². The number of nitrogens with zero attached hydrogens (tertiary/aromatic N) is 1. The first-order valence-corrected chi connectivity index (χ1v) is 6.84. The number of benzene rings is 1. The van der Waals surface area contributed by atoms with E-state index in [2.05, 4.69) is 55.8 Å². The largest absolute Gasteiger partial charge is 0.334 e. The molecule has 1 aromatic carbocycles. The number of amidine groups is 1.